The molecule has 0 bridgehead atoms. The van der Waals surface area contributed by atoms with Gasteiger partial charge >= 0.3 is 0 Å². The van der Waals surface area contributed by atoms with Gasteiger partial charge in [0.05, 0.1) is 10.6 Å². The third-order valence-corrected chi connectivity index (χ3v) is 2.05. The molecule has 0 saturated carbocycles. The lowest BCUT2D eigenvalue weighted by Crippen LogP contribution is -2.10. The molecule has 12 heavy (non-hydrogen) atoms. The molecule has 0 amide bonds. The predicted molar refractivity (Wildman–Crippen MR) is 49.8 cm³/mol. The first-order chi connectivity index (χ1) is 5.54. The molecule has 6 heteroatoms. The van der Waals surface area contributed by atoms with E-state index in [4.69, 9.17) is 40.2 Å². The zero-order chi connectivity index (χ0) is 9.30. The van der Waals surface area contributed by atoms with E-state index in [0.29, 0.717) is 0 Å². The van der Waals surface area contributed by atoms with E-state index < -0.39 is 5.56 Å². The van der Waals surface area contributed by atoms with Crippen molar-refractivity contribution in [1.29, 1.82) is 5.41 Å². The monoisotopic (exact) mass is 224 g/mol. The maximum absolute atomic E-state index is 10.9. The van der Waals surface area contributed by atoms with Crippen molar-refractivity contribution in [2.75, 3.05) is 0 Å². The highest BCUT2D eigenvalue weighted by Crippen LogP contribution is 2.21. The Morgan fingerprint density at radius 2 is 2.08 bits per heavy atom. The van der Waals surface area contributed by atoms with Gasteiger partial charge in [0.25, 0.3) is 5.56 Å². The van der Waals surface area contributed by atoms with Crippen molar-refractivity contribution in [1.82, 2.24) is 4.98 Å². The van der Waals surface area contributed by atoms with E-state index in [1.165, 1.54) is 6.20 Å². The summed E-state index contributed by atoms with van der Waals surface area (Å²) in [7, 11) is 0. The quantitative estimate of drug-likeness (QED) is 0.708. The van der Waals surface area contributed by atoms with Crippen LogP contribution in [0.2, 0.25) is 10.0 Å². The van der Waals surface area contributed by atoms with Crippen LogP contribution < -0.4 is 5.56 Å². The Kier molecular flexibility index (Phi) is 2.77. The lowest BCUT2D eigenvalue weighted by Gasteiger charge is -2.00. The molecule has 0 aliphatic heterocycles. The minimum absolute atomic E-state index is 0.0590. The highest BCUT2D eigenvalue weighted by atomic mass is 35.5. The van der Waals surface area contributed by atoms with Crippen molar-refractivity contribution in [3.8, 4) is 0 Å². The van der Waals surface area contributed by atoms with E-state index >= 15 is 0 Å². The highest BCUT2D eigenvalue weighted by Gasteiger charge is 2.12. The van der Waals surface area contributed by atoms with Crippen LogP contribution in [0.25, 0.3) is 0 Å². The minimum Gasteiger partial charge on any atom is -0.326 e. The molecule has 0 atom stereocenters. The van der Waals surface area contributed by atoms with E-state index in [1.54, 1.807) is 0 Å². The van der Waals surface area contributed by atoms with Crippen LogP contribution in [0, 0.1) is 5.41 Å². The van der Waals surface area contributed by atoms with Crippen molar-refractivity contribution in [2.24, 2.45) is 0 Å². The van der Waals surface area contributed by atoms with Crippen LogP contribution in [0.1, 0.15) is 5.56 Å². The maximum Gasteiger partial charge on any atom is 0.267 e. The van der Waals surface area contributed by atoms with Gasteiger partial charge in [-0.15, -0.1) is 0 Å². The second-order valence-electron chi connectivity index (χ2n) is 1.97. The Morgan fingerprint density at radius 3 is 2.50 bits per heavy atom. The zero-order valence-electron chi connectivity index (χ0n) is 5.62. The van der Waals surface area contributed by atoms with Crippen molar-refractivity contribution in [3.63, 3.8) is 0 Å². The van der Waals surface area contributed by atoms with Gasteiger partial charge in [0.2, 0.25) is 0 Å². The summed E-state index contributed by atoms with van der Waals surface area (Å²) in [6, 6.07) is 0. The number of rotatable bonds is 1. The predicted octanol–water partition coefficient (Wildman–Crippen LogP) is 2.25. The van der Waals surface area contributed by atoms with Gasteiger partial charge in [-0.05, 0) is 0 Å². The lowest BCUT2D eigenvalue weighted by molar-refractivity contribution is 1.23. The molecular formula is C6H3Cl3N2O. The van der Waals surface area contributed by atoms with Gasteiger partial charge < -0.3 is 4.98 Å². The van der Waals surface area contributed by atoms with E-state index in [2.05, 4.69) is 4.98 Å². The van der Waals surface area contributed by atoms with Crippen LogP contribution >= 0.6 is 34.8 Å². The summed E-state index contributed by atoms with van der Waals surface area (Å²) in [6.45, 7) is 0. The fourth-order valence-electron chi connectivity index (χ4n) is 0.684. The minimum atomic E-state index is -0.513. The van der Waals surface area contributed by atoms with Crippen LogP contribution in [-0.4, -0.2) is 10.2 Å². The number of nitrogens with one attached hydrogen (secondary N) is 2. The molecule has 0 aliphatic rings. The Balaban J connectivity index is 3.54. The Labute approximate surface area is 82.8 Å². The summed E-state index contributed by atoms with van der Waals surface area (Å²) >= 11 is 16.5. The first-order valence-electron chi connectivity index (χ1n) is 2.85. The second kappa shape index (κ2) is 3.47. The molecule has 1 aromatic heterocycles. The van der Waals surface area contributed by atoms with E-state index in [9.17, 15) is 4.79 Å². The van der Waals surface area contributed by atoms with Gasteiger partial charge in [-0.1, -0.05) is 34.8 Å². The number of H-pyrrole nitrogens is 1. The zero-order valence-corrected chi connectivity index (χ0v) is 7.89. The fourth-order valence-corrected chi connectivity index (χ4v) is 1.52. The van der Waals surface area contributed by atoms with Gasteiger partial charge in [0.15, 0.2) is 0 Å². The lowest BCUT2D eigenvalue weighted by atomic mass is 10.3. The number of aromatic nitrogens is 1. The number of halogens is 3. The van der Waals surface area contributed by atoms with Crippen LogP contribution in [0.3, 0.4) is 0 Å². The molecule has 0 saturated heterocycles. The largest absolute Gasteiger partial charge is 0.326 e. The summed E-state index contributed by atoms with van der Waals surface area (Å²) in [5.41, 5.74) is -0.454. The Hall–Kier alpha value is -0.510. The summed E-state index contributed by atoms with van der Waals surface area (Å²) in [4.78, 5) is 13.2. The molecule has 1 rings (SSSR count). The summed E-state index contributed by atoms with van der Waals surface area (Å²) in [5.74, 6) is 0. The van der Waals surface area contributed by atoms with Crippen LogP contribution in [-0.2, 0) is 0 Å². The number of pyridine rings is 1. The first-order valence-corrected chi connectivity index (χ1v) is 3.98. The summed E-state index contributed by atoms with van der Waals surface area (Å²) in [5, 5.41) is 6.69. The molecular weight excluding hydrogens is 222 g/mol. The average Bonchev–Trinajstić information content (AvgIpc) is 1.97. The van der Waals surface area contributed by atoms with Gasteiger partial charge in [-0.25, -0.2) is 0 Å². The highest BCUT2D eigenvalue weighted by molar-refractivity contribution is 6.70. The second-order valence-corrected chi connectivity index (χ2v) is 3.13. The third-order valence-electron chi connectivity index (χ3n) is 1.21. The standard InChI is InChI=1S/C6H3Cl3N2O/c7-2-1-11-6(12)4(8)3(2)5(9)10/h1,10H,(H,11,12). The van der Waals surface area contributed by atoms with Crippen molar-refractivity contribution >= 4 is 40.0 Å². The van der Waals surface area contributed by atoms with Crippen LogP contribution in [0.15, 0.2) is 11.0 Å². The molecule has 2 N–H and O–H groups in total. The van der Waals surface area contributed by atoms with Gasteiger partial charge in [-0.3, -0.25) is 10.2 Å². The van der Waals surface area contributed by atoms with Crippen LogP contribution in [0.4, 0.5) is 0 Å². The molecule has 3 nitrogen and oxygen atoms in total. The summed E-state index contributed by atoms with van der Waals surface area (Å²) in [6.07, 6.45) is 1.24. The third kappa shape index (κ3) is 1.63. The maximum atomic E-state index is 10.9. The fraction of sp³-hybridized carbons (Fsp3) is 0. The Bertz CT molecular complexity index is 385. The Morgan fingerprint density at radius 1 is 1.50 bits per heavy atom. The SMILES string of the molecule is N=C(Cl)c1c(Cl)c[nH]c(=O)c1Cl. The van der Waals surface area contributed by atoms with E-state index in [-0.39, 0.29) is 20.8 Å². The molecule has 0 radical (unpaired) electrons. The molecule has 0 aromatic carbocycles. The van der Waals surface area contributed by atoms with Gasteiger partial charge in [0, 0.05) is 6.20 Å². The number of hydrogen-bond acceptors (Lipinski definition) is 2. The van der Waals surface area contributed by atoms with E-state index in [1.807, 2.05) is 0 Å². The molecule has 1 heterocycles. The van der Waals surface area contributed by atoms with Gasteiger partial charge in [0.1, 0.15) is 10.2 Å². The normalized spacial score (nSPS) is 9.92. The average molecular weight is 225 g/mol. The van der Waals surface area contributed by atoms with Crippen LogP contribution in [0.5, 0.6) is 0 Å². The molecule has 0 unspecified atom stereocenters. The van der Waals surface area contributed by atoms with Crippen molar-refractivity contribution < 1.29 is 0 Å². The van der Waals surface area contributed by atoms with Crippen molar-refractivity contribution in [2.45, 2.75) is 0 Å². The topological polar surface area (TPSA) is 56.7 Å². The number of aromatic amines is 1. The number of hydrogen-bond donors (Lipinski definition) is 2. The van der Waals surface area contributed by atoms with Crippen molar-refractivity contribution in [3.05, 3.63) is 32.2 Å². The molecule has 64 valence electrons. The summed E-state index contributed by atoms with van der Waals surface area (Å²) < 4.78 is 0. The van der Waals surface area contributed by atoms with Gasteiger partial charge in [-0.2, -0.15) is 0 Å². The van der Waals surface area contributed by atoms with E-state index in [0.717, 1.165) is 0 Å². The molecule has 0 spiro atoms. The first kappa shape index (κ1) is 9.58. The smallest absolute Gasteiger partial charge is 0.267 e. The molecule has 0 fully saturated rings. The molecule has 1 aromatic rings. The molecule has 0 aliphatic carbocycles.